The van der Waals surface area contributed by atoms with Crippen molar-refractivity contribution in [1.29, 1.82) is 0 Å². The normalized spacial score (nSPS) is 13.7. The van der Waals surface area contributed by atoms with Crippen molar-refractivity contribution < 1.29 is 0 Å². The summed E-state index contributed by atoms with van der Waals surface area (Å²) in [6, 6.07) is 8.91. The summed E-state index contributed by atoms with van der Waals surface area (Å²) in [4.78, 5) is 14.6. The van der Waals surface area contributed by atoms with Crippen molar-refractivity contribution in [3.8, 4) is 0 Å². The van der Waals surface area contributed by atoms with E-state index in [9.17, 15) is 0 Å². The molecule has 1 aromatic carbocycles. The van der Waals surface area contributed by atoms with Crippen LogP contribution in [0.2, 0.25) is 29.6 Å². The molecule has 2 heteroatoms. The van der Waals surface area contributed by atoms with E-state index in [0.29, 0.717) is 0 Å². The Morgan fingerprint density at radius 2 is 0.889 bits per heavy atom. The fourth-order valence-electron chi connectivity index (χ4n) is 1.41. The molecule has 0 aromatic heterocycles. The first-order chi connectivity index (χ1) is 8.16. The van der Waals surface area contributed by atoms with Crippen LogP contribution >= 0.6 is 0 Å². The summed E-state index contributed by atoms with van der Waals surface area (Å²) in [7, 11) is 0. The summed E-state index contributed by atoms with van der Waals surface area (Å²) in [5, 5.41) is 0. The van der Waals surface area contributed by atoms with Gasteiger partial charge in [0.1, 0.15) is 0 Å². The van der Waals surface area contributed by atoms with E-state index in [4.69, 9.17) is 0 Å². The van der Waals surface area contributed by atoms with Crippen molar-refractivity contribution in [2.45, 2.75) is 29.6 Å². The molecule has 0 unspecified atom stereocenters. The van der Waals surface area contributed by atoms with Crippen molar-refractivity contribution in [1.82, 2.24) is 0 Å². The van der Waals surface area contributed by atoms with Gasteiger partial charge in [-0.05, 0) is 0 Å². The van der Waals surface area contributed by atoms with Crippen molar-refractivity contribution in [2.24, 2.45) is 0 Å². The Balaban J connectivity index is 2.75. The standard InChI is InChI=1S/C10H8.6CH3.2Sn/c1-3-9-5-7-10(4-2)8-6-9;;;;;;;;/h1-8H;6*1H3;;. The molecule has 0 aliphatic rings. The monoisotopic (exact) mass is 458 g/mol. The van der Waals surface area contributed by atoms with Gasteiger partial charge in [-0.2, -0.15) is 0 Å². The van der Waals surface area contributed by atoms with Crippen molar-refractivity contribution in [2.75, 3.05) is 0 Å². The van der Waals surface area contributed by atoms with Crippen LogP contribution in [0.5, 0.6) is 0 Å². The molecule has 0 saturated heterocycles. The molecule has 0 atom stereocenters. The Morgan fingerprint density at radius 3 is 1.11 bits per heavy atom. The minimum atomic E-state index is -1.76. The molecule has 1 aromatic rings. The Morgan fingerprint density at radius 1 is 0.611 bits per heavy atom. The van der Waals surface area contributed by atoms with Crippen molar-refractivity contribution in [3.63, 3.8) is 0 Å². The maximum absolute atomic E-state index is 2.46. The van der Waals surface area contributed by atoms with Crippen molar-refractivity contribution >= 4 is 48.9 Å². The third kappa shape index (κ3) is 7.67. The van der Waals surface area contributed by atoms with E-state index in [1.165, 1.54) is 11.1 Å². The van der Waals surface area contributed by atoms with Crippen LogP contribution in [0.3, 0.4) is 0 Å². The summed E-state index contributed by atoms with van der Waals surface area (Å²) in [5.74, 6) is 0. The Labute approximate surface area is 121 Å². The summed E-state index contributed by atoms with van der Waals surface area (Å²) >= 11 is -3.52. The maximum atomic E-state index is 2.46. The zero-order valence-electron chi connectivity index (χ0n) is 12.6. The molecule has 0 aliphatic carbocycles. The quantitative estimate of drug-likeness (QED) is 0.528. The number of benzene rings is 1. The molecule has 0 radical (unpaired) electrons. The van der Waals surface area contributed by atoms with Crippen LogP contribution < -0.4 is 0 Å². The molecule has 0 spiro atoms. The molecule has 0 N–H and O–H groups in total. The zero-order chi connectivity index (χ0) is 13.8. The molecule has 0 amide bonds. The van der Waals surface area contributed by atoms with Crippen LogP contribution in [0.4, 0.5) is 0 Å². The van der Waals surface area contributed by atoms with Crippen LogP contribution in [0.1, 0.15) is 11.1 Å². The summed E-state index contributed by atoms with van der Waals surface area (Å²) in [6.07, 6.45) is 4.60. The molecule has 18 heavy (non-hydrogen) atoms. The first kappa shape index (κ1) is 16.4. The Kier molecular flexibility index (Phi) is 6.04. The molecule has 1 rings (SSSR count). The second-order valence-electron chi connectivity index (χ2n) is 7.07. The molecule has 98 valence electrons. The van der Waals surface area contributed by atoms with Crippen LogP contribution in [0.15, 0.2) is 32.4 Å². The van der Waals surface area contributed by atoms with Gasteiger partial charge >= 0.3 is 122 Å². The van der Waals surface area contributed by atoms with Gasteiger partial charge in [0.05, 0.1) is 0 Å². The molecule has 0 saturated carbocycles. The first-order valence-electron chi connectivity index (χ1n) is 6.64. The molecule has 0 heterocycles. The third-order valence-electron chi connectivity index (χ3n) is 2.49. The predicted molar refractivity (Wildman–Crippen MR) is 91.2 cm³/mol. The summed E-state index contributed by atoms with van der Waals surface area (Å²) in [6.45, 7) is 0. The topological polar surface area (TPSA) is 0 Å². The SMILES string of the molecule is [CH3][Sn]([CH3])([CH3])/[CH]=C\c1ccc(/C=[CH]\[Sn]([CH3])([CH3])[CH3])cc1. The first-order valence-corrected chi connectivity index (χ1v) is 27.1. The van der Waals surface area contributed by atoms with Gasteiger partial charge < -0.3 is 0 Å². The number of rotatable bonds is 4. The van der Waals surface area contributed by atoms with Gasteiger partial charge in [-0.15, -0.1) is 0 Å². The number of hydrogen-bond donors (Lipinski definition) is 0. The zero-order valence-corrected chi connectivity index (χ0v) is 18.3. The molecule has 0 nitrogen and oxygen atoms in total. The fraction of sp³-hybridized carbons (Fsp3) is 0.375. The van der Waals surface area contributed by atoms with E-state index in [0.717, 1.165) is 0 Å². The van der Waals surface area contributed by atoms with Crippen LogP contribution in [0, 0.1) is 0 Å². The van der Waals surface area contributed by atoms with Gasteiger partial charge in [0, 0.05) is 0 Å². The van der Waals surface area contributed by atoms with E-state index >= 15 is 0 Å². The van der Waals surface area contributed by atoms with E-state index in [-0.39, 0.29) is 0 Å². The van der Waals surface area contributed by atoms with Gasteiger partial charge in [0.25, 0.3) is 0 Å². The van der Waals surface area contributed by atoms with Gasteiger partial charge in [-0.3, -0.25) is 0 Å². The van der Waals surface area contributed by atoms with Crippen LogP contribution in [-0.4, -0.2) is 36.8 Å². The van der Waals surface area contributed by atoms with Crippen LogP contribution in [-0.2, 0) is 0 Å². The minimum absolute atomic E-state index is 1.33. The average molecular weight is 456 g/mol. The molecule has 0 fully saturated rings. The molecular formula is C16H26Sn2. The second kappa shape index (κ2) is 6.64. The van der Waals surface area contributed by atoms with Gasteiger partial charge in [0.15, 0.2) is 0 Å². The van der Waals surface area contributed by atoms with E-state index in [1.54, 1.807) is 0 Å². The third-order valence-corrected chi connectivity index (χ3v) is 9.15. The van der Waals surface area contributed by atoms with E-state index < -0.39 is 36.8 Å². The van der Waals surface area contributed by atoms with Gasteiger partial charge in [-0.25, -0.2) is 0 Å². The summed E-state index contributed by atoms with van der Waals surface area (Å²) in [5.41, 5.74) is 2.66. The molecule has 0 aliphatic heterocycles. The van der Waals surface area contributed by atoms with Crippen LogP contribution in [0.25, 0.3) is 12.2 Å². The predicted octanol–water partition coefficient (Wildman–Crippen LogP) is 5.47. The Bertz CT molecular complexity index is 383. The van der Waals surface area contributed by atoms with Gasteiger partial charge in [0.2, 0.25) is 0 Å². The molecule has 0 bridgehead atoms. The van der Waals surface area contributed by atoms with E-state index in [2.05, 4.69) is 74.2 Å². The average Bonchev–Trinajstić information content (AvgIpc) is 2.23. The summed E-state index contributed by atoms with van der Waals surface area (Å²) < 4.78 is 4.93. The second-order valence-corrected chi connectivity index (χ2v) is 36.0. The van der Waals surface area contributed by atoms with E-state index in [1.807, 2.05) is 0 Å². The van der Waals surface area contributed by atoms with Crippen molar-refractivity contribution in [3.05, 3.63) is 43.6 Å². The number of hydrogen-bond acceptors (Lipinski definition) is 0. The molecular weight excluding hydrogens is 430 g/mol. The van der Waals surface area contributed by atoms with Gasteiger partial charge in [-0.1, -0.05) is 0 Å². The Hall–Kier alpha value is 0.297. The fourth-order valence-corrected chi connectivity index (χ4v) is 5.36.